The van der Waals surface area contributed by atoms with Crippen molar-refractivity contribution >= 4 is 0 Å². The predicted octanol–water partition coefficient (Wildman–Crippen LogP) is 6.59. The van der Waals surface area contributed by atoms with Crippen molar-refractivity contribution in [1.82, 2.24) is 4.98 Å². The average Bonchev–Trinajstić information content (AvgIpc) is 2.60. The molecule has 0 saturated carbocycles. The van der Waals surface area contributed by atoms with Gasteiger partial charge < -0.3 is 0 Å². The minimum Gasteiger partial charge on any atom is -0.228 e. The minimum atomic E-state index is -4.61. The number of aromatic nitrogens is 1. The molecule has 2 aromatic carbocycles. The predicted molar refractivity (Wildman–Crippen MR) is 85.1 cm³/mol. The lowest BCUT2D eigenvalue weighted by molar-refractivity contribution is -0.138. The van der Waals surface area contributed by atoms with Crippen LogP contribution in [-0.2, 0) is 12.4 Å². The first-order valence-electron chi connectivity index (χ1n) is 7.56. The molecule has 3 rings (SSSR count). The van der Waals surface area contributed by atoms with Crippen molar-refractivity contribution in [2.75, 3.05) is 0 Å². The third-order valence-electron chi connectivity index (χ3n) is 3.87. The molecule has 0 aliphatic rings. The molecule has 27 heavy (non-hydrogen) atoms. The third kappa shape index (κ3) is 4.10. The summed E-state index contributed by atoms with van der Waals surface area (Å²) in [5.41, 5.74) is -1.72. The molecular weight excluding hydrogens is 375 g/mol. The number of nitrogens with zero attached hydrogens (tertiary/aromatic N) is 1. The van der Waals surface area contributed by atoms with E-state index in [2.05, 4.69) is 4.98 Å². The van der Waals surface area contributed by atoms with Gasteiger partial charge in [-0.2, -0.15) is 30.7 Å². The van der Waals surface area contributed by atoms with E-state index in [1.165, 1.54) is 12.1 Å². The standard InChI is InChI=1S/C19H10F7N/c20-17-9-15(11-3-1-5-13(7-11)18(21,22)23)16(10-27-17)12-4-2-6-14(8-12)19(24,25)26/h1-10H. The van der Waals surface area contributed by atoms with Gasteiger partial charge in [-0.3, -0.25) is 0 Å². The van der Waals surface area contributed by atoms with Crippen molar-refractivity contribution in [2.45, 2.75) is 12.4 Å². The quantitative estimate of drug-likeness (QED) is 0.358. The van der Waals surface area contributed by atoms with Gasteiger partial charge in [-0.15, -0.1) is 0 Å². The molecule has 0 spiro atoms. The summed E-state index contributed by atoms with van der Waals surface area (Å²) in [5.74, 6) is -0.960. The van der Waals surface area contributed by atoms with Crippen LogP contribution in [0.4, 0.5) is 30.7 Å². The van der Waals surface area contributed by atoms with E-state index in [0.717, 1.165) is 48.7 Å². The van der Waals surface area contributed by atoms with Crippen LogP contribution in [0.1, 0.15) is 11.1 Å². The highest BCUT2D eigenvalue weighted by Gasteiger charge is 2.32. The van der Waals surface area contributed by atoms with Gasteiger partial charge in [0.2, 0.25) is 5.95 Å². The van der Waals surface area contributed by atoms with E-state index in [-0.39, 0.29) is 22.3 Å². The summed E-state index contributed by atoms with van der Waals surface area (Å²) < 4.78 is 91.4. The number of hydrogen-bond donors (Lipinski definition) is 0. The van der Waals surface area contributed by atoms with Crippen molar-refractivity contribution in [3.63, 3.8) is 0 Å². The first-order valence-corrected chi connectivity index (χ1v) is 7.56. The Morgan fingerprint density at radius 3 is 1.59 bits per heavy atom. The van der Waals surface area contributed by atoms with Gasteiger partial charge in [-0.05, 0) is 41.0 Å². The number of rotatable bonds is 2. The lowest BCUT2D eigenvalue weighted by atomic mass is 9.94. The summed E-state index contributed by atoms with van der Waals surface area (Å²) in [6.45, 7) is 0. The molecule has 0 atom stereocenters. The number of halogens is 7. The largest absolute Gasteiger partial charge is 0.416 e. The average molecular weight is 385 g/mol. The maximum atomic E-state index is 13.6. The van der Waals surface area contributed by atoms with E-state index >= 15 is 0 Å². The van der Waals surface area contributed by atoms with Gasteiger partial charge in [0, 0.05) is 17.8 Å². The maximum Gasteiger partial charge on any atom is 0.416 e. The molecule has 1 heterocycles. The molecule has 0 aliphatic heterocycles. The SMILES string of the molecule is Fc1cc(-c2cccc(C(F)(F)F)c2)c(-c2cccc(C(F)(F)F)c2)cn1. The highest BCUT2D eigenvalue weighted by Crippen LogP contribution is 2.38. The Morgan fingerprint density at radius 2 is 1.11 bits per heavy atom. The zero-order valence-corrected chi connectivity index (χ0v) is 13.4. The molecule has 0 amide bonds. The lowest BCUT2D eigenvalue weighted by Crippen LogP contribution is -2.05. The minimum absolute atomic E-state index is 0.00734. The fourth-order valence-electron chi connectivity index (χ4n) is 2.62. The van der Waals surface area contributed by atoms with E-state index in [1.54, 1.807) is 0 Å². The van der Waals surface area contributed by atoms with Gasteiger partial charge in [0.1, 0.15) is 0 Å². The molecule has 0 aliphatic carbocycles. The van der Waals surface area contributed by atoms with E-state index in [0.29, 0.717) is 0 Å². The summed E-state index contributed by atoms with van der Waals surface area (Å²) in [6, 6.07) is 9.24. The van der Waals surface area contributed by atoms with Crippen LogP contribution in [-0.4, -0.2) is 4.98 Å². The van der Waals surface area contributed by atoms with Crippen molar-refractivity contribution in [3.05, 3.63) is 77.9 Å². The smallest absolute Gasteiger partial charge is 0.228 e. The molecule has 0 radical (unpaired) electrons. The van der Waals surface area contributed by atoms with Gasteiger partial charge in [-0.1, -0.05) is 24.3 Å². The highest BCUT2D eigenvalue weighted by atomic mass is 19.4. The molecule has 3 aromatic rings. The second-order valence-corrected chi connectivity index (χ2v) is 5.71. The van der Waals surface area contributed by atoms with E-state index in [1.807, 2.05) is 0 Å². The van der Waals surface area contributed by atoms with Crippen LogP contribution in [0, 0.1) is 5.95 Å². The molecule has 1 aromatic heterocycles. The molecule has 0 saturated heterocycles. The first-order chi connectivity index (χ1) is 12.6. The van der Waals surface area contributed by atoms with Gasteiger partial charge >= 0.3 is 12.4 Å². The molecule has 140 valence electrons. The monoisotopic (exact) mass is 385 g/mol. The molecule has 0 N–H and O–H groups in total. The topological polar surface area (TPSA) is 12.9 Å². The molecule has 0 bridgehead atoms. The Balaban J connectivity index is 2.19. The first kappa shape index (κ1) is 18.9. The Labute approximate surface area is 149 Å². The van der Waals surface area contributed by atoms with Crippen LogP contribution < -0.4 is 0 Å². The van der Waals surface area contributed by atoms with Gasteiger partial charge in [0.25, 0.3) is 0 Å². The summed E-state index contributed by atoms with van der Waals surface area (Å²) >= 11 is 0. The van der Waals surface area contributed by atoms with Crippen LogP contribution in [0.5, 0.6) is 0 Å². The molecular formula is C19H10F7N. The second kappa shape index (κ2) is 6.68. The molecule has 1 nitrogen and oxygen atoms in total. The number of pyridine rings is 1. The Morgan fingerprint density at radius 1 is 0.630 bits per heavy atom. The Kier molecular flexibility index (Phi) is 4.67. The van der Waals surface area contributed by atoms with E-state index in [4.69, 9.17) is 0 Å². The zero-order chi connectivity index (χ0) is 19.8. The fourth-order valence-corrected chi connectivity index (χ4v) is 2.62. The Bertz CT molecular complexity index is 974. The lowest BCUT2D eigenvalue weighted by Gasteiger charge is -2.14. The van der Waals surface area contributed by atoms with Crippen molar-refractivity contribution < 1.29 is 30.7 Å². The van der Waals surface area contributed by atoms with E-state index < -0.39 is 29.4 Å². The number of hydrogen-bond acceptors (Lipinski definition) is 1. The summed E-state index contributed by atoms with van der Waals surface area (Å²) in [6.07, 6.45) is -8.21. The van der Waals surface area contributed by atoms with Crippen LogP contribution in [0.2, 0.25) is 0 Å². The van der Waals surface area contributed by atoms with Crippen LogP contribution >= 0.6 is 0 Å². The second-order valence-electron chi connectivity index (χ2n) is 5.71. The van der Waals surface area contributed by atoms with Crippen molar-refractivity contribution in [3.8, 4) is 22.3 Å². The van der Waals surface area contributed by atoms with Crippen molar-refractivity contribution in [2.24, 2.45) is 0 Å². The highest BCUT2D eigenvalue weighted by molar-refractivity contribution is 5.83. The van der Waals surface area contributed by atoms with E-state index in [9.17, 15) is 30.7 Å². The number of alkyl halides is 6. The summed E-state index contributed by atoms with van der Waals surface area (Å²) in [5, 5.41) is 0. The fraction of sp³-hybridized carbons (Fsp3) is 0.105. The molecule has 0 unspecified atom stereocenters. The third-order valence-corrected chi connectivity index (χ3v) is 3.87. The van der Waals surface area contributed by atoms with Gasteiger partial charge in [0.15, 0.2) is 0 Å². The van der Waals surface area contributed by atoms with Crippen LogP contribution in [0.15, 0.2) is 60.8 Å². The zero-order valence-electron chi connectivity index (χ0n) is 13.4. The summed E-state index contributed by atoms with van der Waals surface area (Å²) in [4.78, 5) is 3.43. The van der Waals surface area contributed by atoms with Crippen molar-refractivity contribution in [1.29, 1.82) is 0 Å². The molecule has 8 heteroatoms. The number of benzene rings is 2. The maximum absolute atomic E-state index is 13.6. The van der Waals surface area contributed by atoms with Crippen LogP contribution in [0.25, 0.3) is 22.3 Å². The normalized spacial score (nSPS) is 12.3. The van der Waals surface area contributed by atoms with Crippen LogP contribution in [0.3, 0.4) is 0 Å². The molecule has 0 fully saturated rings. The van der Waals surface area contributed by atoms with Gasteiger partial charge in [0.05, 0.1) is 11.1 Å². The van der Waals surface area contributed by atoms with Gasteiger partial charge in [-0.25, -0.2) is 4.98 Å². The summed E-state index contributed by atoms with van der Waals surface area (Å²) in [7, 11) is 0. The Hall–Kier alpha value is -2.90.